The third-order valence-corrected chi connectivity index (χ3v) is 7.14. The Kier molecular flexibility index (Phi) is 6.37. The van der Waals surface area contributed by atoms with Crippen LogP contribution in [0.1, 0.15) is 30.9 Å². The van der Waals surface area contributed by atoms with Gasteiger partial charge in [-0.1, -0.05) is 19.1 Å². The second kappa shape index (κ2) is 8.98. The largest absolute Gasteiger partial charge is 0.497 e. The summed E-state index contributed by atoms with van der Waals surface area (Å²) >= 11 is 0. The van der Waals surface area contributed by atoms with Gasteiger partial charge in [-0.05, 0) is 37.1 Å². The Labute approximate surface area is 198 Å². The third-order valence-electron chi connectivity index (χ3n) is 7.14. The molecule has 184 valence electrons. The summed E-state index contributed by atoms with van der Waals surface area (Å²) in [5, 5.41) is 23.6. The van der Waals surface area contributed by atoms with Crippen LogP contribution in [0.15, 0.2) is 36.4 Å². The topological polar surface area (TPSA) is 146 Å². The standard InChI is InChI=1S/C25H32N2O7/c1-14-20(23(27)29)22(28)24(30)21-18(32-3)12-17(33-11-5-4-10-26)13-19(21)34-25(14,24)15-6-8-16(31-2)9-7-15/h6-9,12-14,20,22,28,30H,4-5,10-11,26H2,1-3H3,(H2,27,29)/t14-,20-,22-,24+,25-/m1/s1. The minimum Gasteiger partial charge on any atom is -0.497 e. The molecule has 0 spiro atoms. The zero-order valence-electron chi connectivity index (χ0n) is 19.6. The van der Waals surface area contributed by atoms with E-state index in [4.69, 9.17) is 30.4 Å². The molecule has 1 aliphatic carbocycles. The summed E-state index contributed by atoms with van der Waals surface area (Å²) in [6.45, 7) is 2.77. The number of hydrogen-bond donors (Lipinski definition) is 4. The van der Waals surface area contributed by atoms with E-state index in [0.717, 1.165) is 12.8 Å². The molecular formula is C25H32N2O7. The normalized spacial score (nSPS) is 29.2. The molecule has 6 N–H and O–H groups in total. The molecule has 0 radical (unpaired) electrons. The smallest absolute Gasteiger partial charge is 0.223 e. The number of rotatable bonds is 9. The van der Waals surface area contributed by atoms with Crippen LogP contribution in [0.2, 0.25) is 0 Å². The first-order valence-electron chi connectivity index (χ1n) is 11.3. The van der Waals surface area contributed by atoms with Crippen molar-refractivity contribution in [2.75, 3.05) is 27.4 Å². The minimum atomic E-state index is -2.01. The highest BCUT2D eigenvalue weighted by molar-refractivity contribution is 5.80. The van der Waals surface area contributed by atoms with E-state index in [1.807, 2.05) is 0 Å². The summed E-state index contributed by atoms with van der Waals surface area (Å²) in [5.74, 6) is -0.764. The Morgan fingerprint density at radius 2 is 1.82 bits per heavy atom. The van der Waals surface area contributed by atoms with Crippen LogP contribution in [-0.4, -0.2) is 49.6 Å². The van der Waals surface area contributed by atoms with Crippen LogP contribution in [0.3, 0.4) is 0 Å². The van der Waals surface area contributed by atoms with Gasteiger partial charge in [0.15, 0.2) is 11.2 Å². The van der Waals surface area contributed by atoms with E-state index >= 15 is 0 Å². The highest BCUT2D eigenvalue weighted by Gasteiger charge is 2.76. The van der Waals surface area contributed by atoms with Gasteiger partial charge in [-0.15, -0.1) is 0 Å². The second-order valence-electron chi connectivity index (χ2n) is 8.84. The van der Waals surface area contributed by atoms with Crippen molar-refractivity contribution >= 4 is 5.91 Å². The number of benzene rings is 2. The van der Waals surface area contributed by atoms with Crippen LogP contribution < -0.4 is 30.4 Å². The van der Waals surface area contributed by atoms with Crippen LogP contribution in [0.4, 0.5) is 0 Å². The van der Waals surface area contributed by atoms with Crippen molar-refractivity contribution in [3.63, 3.8) is 0 Å². The molecule has 1 saturated carbocycles. The summed E-state index contributed by atoms with van der Waals surface area (Å²) in [6.07, 6.45) is 0.0810. The van der Waals surface area contributed by atoms with Gasteiger partial charge in [-0.25, -0.2) is 0 Å². The Morgan fingerprint density at radius 3 is 2.41 bits per heavy atom. The zero-order chi connectivity index (χ0) is 24.7. The van der Waals surface area contributed by atoms with Gasteiger partial charge in [-0.2, -0.15) is 0 Å². The molecule has 34 heavy (non-hydrogen) atoms. The van der Waals surface area contributed by atoms with Gasteiger partial charge >= 0.3 is 0 Å². The number of fused-ring (bicyclic) bond motifs is 3. The molecule has 2 aromatic carbocycles. The molecule has 1 amide bonds. The van der Waals surface area contributed by atoms with E-state index < -0.39 is 35.0 Å². The molecule has 2 aromatic rings. The third kappa shape index (κ3) is 3.30. The summed E-state index contributed by atoms with van der Waals surface area (Å²) in [7, 11) is 3.01. The molecule has 9 nitrogen and oxygen atoms in total. The van der Waals surface area contributed by atoms with E-state index in [1.165, 1.54) is 7.11 Å². The van der Waals surface area contributed by atoms with E-state index in [1.54, 1.807) is 50.4 Å². The number of methoxy groups -OCH3 is 2. The minimum absolute atomic E-state index is 0.253. The van der Waals surface area contributed by atoms with Gasteiger partial charge in [0.05, 0.1) is 32.3 Å². The van der Waals surface area contributed by atoms with Gasteiger partial charge in [0, 0.05) is 18.1 Å². The second-order valence-corrected chi connectivity index (χ2v) is 8.84. The number of amides is 1. The molecule has 1 fully saturated rings. The summed E-state index contributed by atoms with van der Waals surface area (Å²) in [5.41, 5.74) is 8.52. The number of hydrogen-bond acceptors (Lipinski definition) is 8. The van der Waals surface area contributed by atoms with Gasteiger partial charge in [-0.3, -0.25) is 4.79 Å². The predicted octanol–water partition coefficient (Wildman–Crippen LogP) is 1.41. The zero-order valence-corrected chi connectivity index (χ0v) is 19.6. The fraction of sp³-hybridized carbons (Fsp3) is 0.480. The lowest BCUT2D eigenvalue weighted by molar-refractivity contribution is -0.157. The van der Waals surface area contributed by atoms with Gasteiger partial charge in [0.1, 0.15) is 29.1 Å². The highest BCUT2D eigenvalue weighted by atomic mass is 16.5. The number of nitrogens with two attached hydrogens (primary N) is 2. The SMILES string of the molecule is COc1ccc([C@@]23Oc4cc(OCCCCN)cc(OC)c4[C@]2(O)[C@H](O)[C@H](C(N)=O)[C@H]3C)cc1. The van der Waals surface area contributed by atoms with Crippen molar-refractivity contribution < 1.29 is 34.0 Å². The number of aliphatic hydroxyl groups excluding tert-OH is 1. The van der Waals surface area contributed by atoms with Crippen molar-refractivity contribution in [2.45, 2.75) is 37.1 Å². The maximum absolute atomic E-state index is 12.4. The number of unbranched alkanes of at least 4 members (excludes halogenated alkanes) is 1. The van der Waals surface area contributed by atoms with Crippen molar-refractivity contribution in [3.8, 4) is 23.0 Å². The fourth-order valence-corrected chi connectivity index (χ4v) is 5.52. The first kappa shape index (κ1) is 24.1. The van der Waals surface area contributed by atoms with E-state index in [0.29, 0.717) is 36.0 Å². The number of aliphatic hydroxyl groups is 2. The average Bonchev–Trinajstić information content (AvgIpc) is 3.20. The highest BCUT2D eigenvalue weighted by Crippen LogP contribution is 2.67. The quantitative estimate of drug-likeness (QED) is 0.401. The van der Waals surface area contributed by atoms with Gasteiger partial charge in [0.25, 0.3) is 0 Å². The van der Waals surface area contributed by atoms with E-state index in [9.17, 15) is 15.0 Å². The lowest BCUT2D eigenvalue weighted by Crippen LogP contribution is -2.52. The molecule has 0 unspecified atom stereocenters. The molecule has 1 heterocycles. The van der Waals surface area contributed by atoms with Crippen LogP contribution in [0.25, 0.3) is 0 Å². The van der Waals surface area contributed by atoms with Crippen molar-refractivity contribution in [3.05, 3.63) is 47.5 Å². The van der Waals surface area contributed by atoms with Crippen LogP contribution in [0, 0.1) is 11.8 Å². The number of ether oxygens (including phenoxy) is 4. The number of carbonyl (C=O) groups excluding carboxylic acids is 1. The van der Waals surface area contributed by atoms with Gasteiger partial charge in [0.2, 0.25) is 5.91 Å². The van der Waals surface area contributed by atoms with Crippen LogP contribution in [-0.2, 0) is 16.0 Å². The van der Waals surface area contributed by atoms with Crippen molar-refractivity contribution in [1.82, 2.24) is 0 Å². The first-order chi connectivity index (χ1) is 16.3. The van der Waals surface area contributed by atoms with E-state index in [-0.39, 0.29) is 11.3 Å². The predicted molar refractivity (Wildman–Crippen MR) is 124 cm³/mol. The van der Waals surface area contributed by atoms with Gasteiger partial charge < -0.3 is 40.6 Å². The number of carbonyl (C=O) groups is 1. The summed E-state index contributed by atoms with van der Waals surface area (Å²) < 4.78 is 23.3. The monoisotopic (exact) mass is 472 g/mol. The summed E-state index contributed by atoms with van der Waals surface area (Å²) in [6, 6.07) is 10.3. The lowest BCUT2D eigenvalue weighted by Gasteiger charge is -2.39. The maximum atomic E-state index is 12.4. The van der Waals surface area contributed by atoms with E-state index in [2.05, 4.69) is 0 Å². The Hall–Kier alpha value is -3.01. The lowest BCUT2D eigenvalue weighted by atomic mass is 9.73. The molecule has 0 aromatic heterocycles. The van der Waals surface area contributed by atoms with Crippen LogP contribution >= 0.6 is 0 Å². The molecule has 0 bridgehead atoms. The fourth-order valence-electron chi connectivity index (χ4n) is 5.52. The molecule has 1 aliphatic heterocycles. The molecular weight excluding hydrogens is 440 g/mol. The van der Waals surface area contributed by atoms with Crippen molar-refractivity contribution in [2.24, 2.45) is 23.3 Å². The molecule has 4 rings (SSSR count). The molecule has 0 saturated heterocycles. The molecule has 9 heteroatoms. The summed E-state index contributed by atoms with van der Waals surface area (Å²) in [4.78, 5) is 12.4. The maximum Gasteiger partial charge on any atom is 0.223 e. The Bertz CT molecular complexity index is 1060. The first-order valence-corrected chi connectivity index (χ1v) is 11.3. The average molecular weight is 473 g/mol. The van der Waals surface area contributed by atoms with Crippen LogP contribution in [0.5, 0.6) is 23.0 Å². The Morgan fingerprint density at radius 1 is 1.12 bits per heavy atom. The number of primary amides is 1. The molecule has 5 atom stereocenters. The molecule has 2 aliphatic rings. The Balaban J connectivity index is 1.88. The van der Waals surface area contributed by atoms with Crippen molar-refractivity contribution in [1.29, 1.82) is 0 Å².